The highest BCUT2D eigenvalue weighted by molar-refractivity contribution is 9.10. The number of amides is 1. The highest BCUT2D eigenvalue weighted by Gasteiger charge is 2.32. The van der Waals surface area contributed by atoms with Crippen molar-refractivity contribution in [3.63, 3.8) is 0 Å². The summed E-state index contributed by atoms with van der Waals surface area (Å²) in [5, 5.41) is 2.58. The molecule has 0 aliphatic carbocycles. The smallest absolute Gasteiger partial charge is 0.405 e. The van der Waals surface area contributed by atoms with Crippen LogP contribution in [0.3, 0.4) is 0 Å². The minimum Gasteiger partial charge on any atom is -0.405 e. The fourth-order valence-corrected chi connectivity index (χ4v) is 2.95. The fraction of sp³-hybridized carbons (Fsp3) is 0.100. The minimum atomic E-state index is -4.84. The van der Waals surface area contributed by atoms with E-state index >= 15 is 0 Å². The van der Waals surface area contributed by atoms with Crippen LogP contribution in [0.1, 0.15) is 15.9 Å². The zero-order valence-corrected chi connectivity index (χ0v) is 16.4. The first kappa shape index (κ1) is 20.7. The zero-order valence-electron chi connectivity index (χ0n) is 14.8. The summed E-state index contributed by atoms with van der Waals surface area (Å²) >= 11 is 3.10. The van der Waals surface area contributed by atoms with Gasteiger partial charge in [0.1, 0.15) is 5.75 Å². The molecule has 1 aromatic heterocycles. The van der Waals surface area contributed by atoms with E-state index in [2.05, 4.69) is 31.0 Å². The first-order chi connectivity index (χ1) is 13.7. The Bertz CT molecular complexity index is 1040. The lowest BCUT2D eigenvalue weighted by atomic mass is 10.1. The number of nitrogens with one attached hydrogen (secondary N) is 1. The van der Waals surface area contributed by atoms with Crippen LogP contribution in [-0.2, 0) is 6.54 Å². The topological polar surface area (TPSA) is 77.2 Å². The number of halogens is 4. The average Bonchev–Trinajstić information content (AvgIpc) is 2.66. The summed E-state index contributed by atoms with van der Waals surface area (Å²) in [5.74, 6) is -0.872. The predicted octanol–water partition coefficient (Wildman–Crippen LogP) is 4.92. The van der Waals surface area contributed by atoms with Crippen LogP contribution in [0.5, 0.6) is 5.75 Å². The molecule has 0 bridgehead atoms. The van der Waals surface area contributed by atoms with Gasteiger partial charge in [0.15, 0.2) is 0 Å². The number of nitrogens with two attached hydrogens (primary N) is 1. The number of rotatable bonds is 5. The van der Waals surface area contributed by atoms with Crippen molar-refractivity contribution in [2.75, 3.05) is 5.73 Å². The predicted molar refractivity (Wildman–Crippen MR) is 106 cm³/mol. The van der Waals surface area contributed by atoms with Crippen LogP contribution in [0.4, 0.5) is 18.9 Å². The van der Waals surface area contributed by atoms with Gasteiger partial charge in [-0.05, 0) is 35.9 Å². The zero-order chi connectivity index (χ0) is 21.0. The molecule has 150 valence electrons. The molecule has 0 saturated carbocycles. The lowest BCUT2D eigenvalue weighted by Gasteiger charge is -2.14. The Morgan fingerprint density at radius 3 is 2.62 bits per heavy atom. The second-order valence-corrected chi connectivity index (χ2v) is 6.99. The SMILES string of the molecule is Nc1cccc(-c2cncc(C(=O)NCc3ccc(Br)cc3OC(F)(F)F)c2)c1. The first-order valence-electron chi connectivity index (χ1n) is 8.34. The highest BCUT2D eigenvalue weighted by Crippen LogP contribution is 2.29. The van der Waals surface area contributed by atoms with Crippen LogP contribution in [0, 0.1) is 0 Å². The number of nitrogens with zero attached hydrogens (tertiary/aromatic N) is 1. The molecule has 0 unspecified atom stereocenters. The maximum Gasteiger partial charge on any atom is 0.573 e. The lowest BCUT2D eigenvalue weighted by molar-refractivity contribution is -0.274. The summed E-state index contributed by atoms with van der Waals surface area (Å²) in [7, 11) is 0. The van der Waals surface area contributed by atoms with Crippen LogP contribution in [0.2, 0.25) is 0 Å². The first-order valence-corrected chi connectivity index (χ1v) is 9.14. The van der Waals surface area contributed by atoms with Crippen LogP contribution in [-0.4, -0.2) is 17.3 Å². The number of nitrogen functional groups attached to an aromatic ring is 1. The molecule has 2 aromatic carbocycles. The van der Waals surface area contributed by atoms with Crippen molar-refractivity contribution in [2.45, 2.75) is 12.9 Å². The van der Waals surface area contributed by atoms with E-state index in [9.17, 15) is 18.0 Å². The molecule has 0 spiro atoms. The van der Waals surface area contributed by atoms with E-state index in [0.717, 1.165) is 5.56 Å². The third kappa shape index (κ3) is 5.71. The van der Waals surface area contributed by atoms with Crippen LogP contribution >= 0.6 is 15.9 Å². The van der Waals surface area contributed by atoms with Gasteiger partial charge in [-0.2, -0.15) is 0 Å². The van der Waals surface area contributed by atoms with Gasteiger partial charge < -0.3 is 15.8 Å². The number of hydrogen-bond donors (Lipinski definition) is 2. The van der Waals surface area contributed by atoms with Crippen molar-refractivity contribution in [3.05, 3.63) is 76.5 Å². The van der Waals surface area contributed by atoms with E-state index in [1.807, 2.05) is 6.07 Å². The second-order valence-electron chi connectivity index (χ2n) is 6.07. The van der Waals surface area contributed by atoms with Crippen molar-refractivity contribution in [1.82, 2.24) is 10.3 Å². The number of anilines is 1. The van der Waals surface area contributed by atoms with Gasteiger partial charge in [0, 0.05) is 40.2 Å². The maximum absolute atomic E-state index is 12.6. The highest BCUT2D eigenvalue weighted by atomic mass is 79.9. The summed E-state index contributed by atoms with van der Waals surface area (Å²) in [6.45, 7) is -0.153. The molecule has 5 nitrogen and oxygen atoms in total. The number of alkyl halides is 3. The minimum absolute atomic E-state index is 0.153. The Morgan fingerprint density at radius 2 is 1.90 bits per heavy atom. The molecule has 0 fully saturated rings. The van der Waals surface area contributed by atoms with Gasteiger partial charge in [-0.1, -0.05) is 34.1 Å². The number of ether oxygens (including phenoxy) is 1. The van der Waals surface area contributed by atoms with Crippen LogP contribution < -0.4 is 15.8 Å². The van der Waals surface area contributed by atoms with Gasteiger partial charge in [-0.25, -0.2) is 0 Å². The molecule has 0 aliphatic rings. The van der Waals surface area contributed by atoms with E-state index < -0.39 is 12.3 Å². The average molecular weight is 466 g/mol. The van der Waals surface area contributed by atoms with Gasteiger partial charge in [-0.15, -0.1) is 13.2 Å². The Kier molecular flexibility index (Phi) is 6.07. The quantitative estimate of drug-likeness (QED) is 0.524. The lowest BCUT2D eigenvalue weighted by Crippen LogP contribution is -2.24. The van der Waals surface area contributed by atoms with E-state index in [1.165, 1.54) is 18.3 Å². The number of benzene rings is 2. The standard InChI is InChI=1S/C20H15BrF3N3O2/c21-16-5-4-13(18(8-16)29-20(22,23)24)11-27-19(28)15-6-14(9-26-10-15)12-2-1-3-17(25)7-12/h1-10H,11,25H2,(H,27,28). The Hall–Kier alpha value is -3.07. The summed E-state index contributed by atoms with van der Waals surface area (Å²) in [5.41, 5.74) is 8.28. The maximum atomic E-state index is 12.6. The summed E-state index contributed by atoms with van der Waals surface area (Å²) in [6.07, 6.45) is -1.87. The molecule has 0 saturated heterocycles. The molecule has 9 heteroatoms. The van der Waals surface area contributed by atoms with Crippen molar-refractivity contribution < 1.29 is 22.7 Å². The van der Waals surface area contributed by atoms with Gasteiger partial charge in [0.05, 0.1) is 5.56 Å². The number of carbonyl (C=O) groups is 1. The van der Waals surface area contributed by atoms with Crippen LogP contribution in [0.25, 0.3) is 11.1 Å². The molecule has 3 aromatic rings. The second kappa shape index (κ2) is 8.52. The van der Waals surface area contributed by atoms with Crippen molar-refractivity contribution in [2.24, 2.45) is 0 Å². The molecule has 0 aliphatic heterocycles. The van der Waals surface area contributed by atoms with E-state index in [1.54, 1.807) is 36.5 Å². The summed E-state index contributed by atoms with van der Waals surface area (Å²) in [4.78, 5) is 16.5. The molecule has 1 heterocycles. The van der Waals surface area contributed by atoms with E-state index in [0.29, 0.717) is 15.7 Å². The van der Waals surface area contributed by atoms with Crippen LogP contribution in [0.15, 0.2) is 65.4 Å². The monoisotopic (exact) mass is 465 g/mol. The summed E-state index contributed by atoms with van der Waals surface area (Å²) in [6, 6.07) is 12.9. The molecule has 0 radical (unpaired) electrons. The number of carbonyl (C=O) groups excluding carboxylic acids is 1. The Balaban J connectivity index is 1.76. The molecular weight excluding hydrogens is 451 g/mol. The van der Waals surface area contributed by atoms with Crippen molar-refractivity contribution >= 4 is 27.5 Å². The largest absolute Gasteiger partial charge is 0.573 e. The van der Waals surface area contributed by atoms with Gasteiger partial charge >= 0.3 is 6.36 Å². The third-order valence-electron chi connectivity index (χ3n) is 3.91. The normalized spacial score (nSPS) is 11.2. The van der Waals surface area contributed by atoms with Gasteiger partial charge in [0.2, 0.25) is 0 Å². The van der Waals surface area contributed by atoms with Crippen molar-refractivity contribution in [1.29, 1.82) is 0 Å². The Labute approximate surface area is 172 Å². The molecule has 1 amide bonds. The fourth-order valence-electron chi connectivity index (χ4n) is 2.61. The number of pyridine rings is 1. The molecular formula is C20H15BrF3N3O2. The van der Waals surface area contributed by atoms with Crippen molar-refractivity contribution in [3.8, 4) is 16.9 Å². The van der Waals surface area contributed by atoms with Gasteiger partial charge in [-0.3, -0.25) is 9.78 Å². The molecule has 3 rings (SSSR count). The molecule has 3 N–H and O–H groups in total. The summed E-state index contributed by atoms with van der Waals surface area (Å²) < 4.78 is 42.3. The number of aromatic nitrogens is 1. The number of hydrogen-bond acceptors (Lipinski definition) is 4. The van der Waals surface area contributed by atoms with E-state index in [-0.39, 0.29) is 23.4 Å². The Morgan fingerprint density at radius 1 is 1.10 bits per heavy atom. The third-order valence-corrected chi connectivity index (χ3v) is 4.41. The van der Waals surface area contributed by atoms with Gasteiger partial charge in [0.25, 0.3) is 5.91 Å². The van der Waals surface area contributed by atoms with E-state index in [4.69, 9.17) is 5.73 Å². The molecule has 0 atom stereocenters. The molecule has 29 heavy (non-hydrogen) atoms.